The first-order chi connectivity index (χ1) is 9.93. The van der Waals surface area contributed by atoms with Crippen molar-refractivity contribution >= 4 is 0 Å². The summed E-state index contributed by atoms with van der Waals surface area (Å²) in [6.07, 6.45) is 1.18. The van der Waals surface area contributed by atoms with Gasteiger partial charge in [-0.3, -0.25) is 0 Å². The molecule has 0 aliphatic heterocycles. The van der Waals surface area contributed by atoms with Crippen molar-refractivity contribution in [2.75, 3.05) is 27.2 Å². The molecule has 1 unspecified atom stereocenters. The summed E-state index contributed by atoms with van der Waals surface area (Å²) < 4.78 is 5.41. The molecule has 1 rings (SSSR count). The number of rotatable bonds is 9. The van der Waals surface area contributed by atoms with Gasteiger partial charge in [-0.25, -0.2) is 0 Å². The SMILES string of the molecule is CCOc1cc(CNCC(CC(C)C)N(C)C)ccc1O. The van der Waals surface area contributed by atoms with Crippen molar-refractivity contribution in [2.24, 2.45) is 5.92 Å². The van der Waals surface area contributed by atoms with Gasteiger partial charge in [0.2, 0.25) is 0 Å². The standard InChI is InChI=1S/C17H30N2O2/c1-6-21-17-10-14(7-8-16(17)20)11-18-12-15(19(4)5)9-13(2)3/h7-8,10,13,15,18,20H,6,9,11-12H2,1-5H3. The normalized spacial score (nSPS) is 12.9. The second-order valence-corrected chi connectivity index (χ2v) is 6.11. The fourth-order valence-electron chi connectivity index (χ4n) is 2.34. The number of hydrogen-bond acceptors (Lipinski definition) is 4. The smallest absolute Gasteiger partial charge is 0.161 e. The molecule has 4 heteroatoms. The number of phenolic OH excluding ortho intramolecular Hbond substituents is 1. The third kappa shape index (κ3) is 6.36. The van der Waals surface area contributed by atoms with Crippen LogP contribution in [0.5, 0.6) is 11.5 Å². The zero-order chi connectivity index (χ0) is 15.8. The number of hydrogen-bond donors (Lipinski definition) is 2. The zero-order valence-corrected chi connectivity index (χ0v) is 14.0. The van der Waals surface area contributed by atoms with Crippen LogP contribution in [0.1, 0.15) is 32.8 Å². The van der Waals surface area contributed by atoms with Crippen LogP contribution in [-0.4, -0.2) is 43.3 Å². The van der Waals surface area contributed by atoms with Crippen molar-refractivity contribution in [2.45, 2.75) is 39.8 Å². The highest BCUT2D eigenvalue weighted by molar-refractivity contribution is 5.41. The summed E-state index contributed by atoms with van der Waals surface area (Å²) in [6, 6.07) is 6.06. The molecule has 2 N–H and O–H groups in total. The van der Waals surface area contributed by atoms with Gasteiger partial charge >= 0.3 is 0 Å². The molecule has 120 valence electrons. The minimum atomic E-state index is 0.201. The van der Waals surface area contributed by atoms with E-state index >= 15 is 0 Å². The molecule has 1 atom stereocenters. The van der Waals surface area contributed by atoms with Crippen LogP contribution in [0.4, 0.5) is 0 Å². The molecule has 0 bridgehead atoms. The first kappa shape index (κ1) is 17.8. The van der Waals surface area contributed by atoms with Gasteiger partial charge in [-0.1, -0.05) is 19.9 Å². The molecular formula is C17H30N2O2. The Hall–Kier alpha value is -1.26. The molecule has 0 saturated heterocycles. The van der Waals surface area contributed by atoms with Crippen LogP contribution >= 0.6 is 0 Å². The lowest BCUT2D eigenvalue weighted by Gasteiger charge is -2.26. The minimum absolute atomic E-state index is 0.201. The Kier molecular flexibility index (Phi) is 7.54. The van der Waals surface area contributed by atoms with E-state index in [2.05, 4.69) is 38.2 Å². The van der Waals surface area contributed by atoms with Crippen molar-refractivity contribution in [3.05, 3.63) is 23.8 Å². The quantitative estimate of drug-likeness (QED) is 0.735. The number of benzene rings is 1. The van der Waals surface area contributed by atoms with Gasteiger partial charge in [-0.2, -0.15) is 0 Å². The van der Waals surface area contributed by atoms with E-state index in [1.807, 2.05) is 19.1 Å². The van der Waals surface area contributed by atoms with Gasteiger partial charge in [0.05, 0.1) is 6.61 Å². The maximum Gasteiger partial charge on any atom is 0.161 e. The van der Waals surface area contributed by atoms with Crippen molar-refractivity contribution in [3.8, 4) is 11.5 Å². The van der Waals surface area contributed by atoms with Crippen LogP contribution in [-0.2, 0) is 6.54 Å². The molecule has 0 aliphatic rings. The molecular weight excluding hydrogens is 264 g/mol. The maximum atomic E-state index is 9.70. The highest BCUT2D eigenvalue weighted by Crippen LogP contribution is 2.26. The third-order valence-electron chi connectivity index (χ3n) is 3.51. The monoisotopic (exact) mass is 294 g/mol. The Morgan fingerprint density at radius 3 is 2.57 bits per heavy atom. The van der Waals surface area contributed by atoms with E-state index in [0.717, 1.165) is 18.7 Å². The Labute approximate surface area is 129 Å². The van der Waals surface area contributed by atoms with Crippen molar-refractivity contribution in [3.63, 3.8) is 0 Å². The Morgan fingerprint density at radius 1 is 1.29 bits per heavy atom. The van der Waals surface area contributed by atoms with Crippen LogP contribution in [0.25, 0.3) is 0 Å². The molecule has 0 saturated carbocycles. The van der Waals surface area contributed by atoms with Crippen LogP contribution < -0.4 is 10.1 Å². The Bertz CT molecular complexity index is 419. The Balaban J connectivity index is 2.52. The largest absolute Gasteiger partial charge is 0.504 e. The average Bonchev–Trinajstić information content (AvgIpc) is 2.41. The fourth-order valence-corrected chi connectivity index (χ4v) is 2.34. The van der Waals surface area contributed by atoms with E-state index < -0.39 is 0 Å². The number of ether oxygens (including phenoxy) is 1. The molecule has 0 aromatic heterocycles. The third-order valence-corrected chi connectivity index (χ3v) is 3.51. The van der Waals surface area contributed by atoms with Crippen molar-refractivity contribution in [1.82, 2.24) is 10.2 Å². The average molecular weight is 294 g/mol. The van der Waals surface area contributed by atoms with E-state index in [1.165, 1.54) is 6.42 Å². The van der Waals surface area contributed by atoms with E-state index in [9.17, 15) is 5.11 Å². The summed E-state index contributed by atoms with van der Waals surface area (Å²) in [5.74, 6) is 1.45. The second-order valence-electron chi connectivity index (χ2n) is 6.11. The van der Waals surface area contributed by atoms with Crippen LogP contribution in [0.2, 0.25) is 0 Å². The lowest BCUT2D eigenvalue weighted by molar-refractivity contribution is 0.246. The van der Waals surface area contributed by atoms with Crippen LogP contribution in [0, 0.1) is 5.92 Å². The summed E-state index contributed by atoms with van der Waals surface area (Å²) in [5.41, 5.74) is 1.12. The van der Waals surface area contributed by atoms with Gasteiger partial charge in [-0.05, 0) is 51.1 Å². The highest BCUT2D eigenvalue weighted by Gasteiger charge is 2.13. The number of phenols is 1. The fraction of sp³-hybridized carbons (Fsp3) is 0.647. The molecule has 0 amide bonds. The summed E-state index contributed by atoms with van der Waals surface area (Å²) in [6.45, 7) is 8.72. The molecule has 0 fully saturated rings. The predicted octanol–water partition coefficient (Wildman–Crippen LogP) is 2.86. The molecule has 0 aliphatic carbocycles. The molecule has 0 radical (unpaired) electrons. The van der Waals surface area contributed by atoms with Gasteiger partial charge in [0, 0.05) is 19.1 Å². The summed E-state index contributed by atoms with van der Waals surface area (Å²) in [7, 11) is 4.25. The first-order valence-electron chi connectivity index (χ1n) is 7.75. The van der Waals surface area contributed by atoms with Gasteiger partial charge in [0.15, 0.2) is 11.5 Å². The molecule has 1 aromatic rings. The minimum Gasteiger partial charge on any atom is -0.504 e. The van der Waals surface area contributed by atoms with E-state index in [0.29, 0.717) is 24.3 Å². The summed E-state index contributed by atoms with van der Waals surface area (Å²) in [5, 5.41) is 13.2. The highest BCUT2D eigenvalue weighted by atomic mass is 16.5. The summed E-state index contributed by atoms with van der Waals surface area (Å²) in [4.78, 5) is 2.27. The summed E-state index contributed by atoms with van der Waals surface area (Å²) >= 11 is 0. The molecule has 21 heavy (non-hydrogen) atoms. The lowest BCUT2D eigenvalue weighted by atomic mass is 10.0. The Morgan fingerprint density at radius 2 is 2.00 bits per heavy atom. The molecule has 0 spiro atoms. The number of nitrogens with one attached hydrogen (secondary N) is 1. The van der Waals surface area contributed by atoms with E-state index in [4.69, 9.17) is 4.74 Å². The predicted molar refractivity (Wildman–Crippen MR) is 87.9 cm³/mol. The molecule has 0 heterocycles. The van der Waals surface area contributed by atoms with E-state index in [1.54, 1.807) is 6.07 Å². The van der Waals surface area contributed by atoms with Gasteiger partial charge in [0.25, 0.3) is 0 Å². The van der Waals surface area contributed by atoms with Crippen molar-refractivity contribution < 1.29 is 9.84 Å². The first-order valence-corrected chi connectivity index (χ1v) is 7.75. The van der Waals surface area contributed by atoms with Crippen LogP contribution in [0.15, 0.2) is 18.2 Å². The van der Waals surface area contributed by atoms with Crippen LogP contribution in [0.3, 0.4) is 0 Å². The van der Waals surface area contributed by atoms with Gasteiger partial charge in [0.1, 0.15) is 0 Å². The number of likely N-dealkylation sites (N-methyl/N-ethyl adjacent to an activating group) is 1. The zero-order valence-electron chi connectivity index (χ0n) is 14.0. The maximum absolute atomic E-state index is 9.70. The molecule has 1 aromatic carbocycles. The number of nitrogens with zero attached hydrogens (tertiary/aromatic N) is 1. The van der Waals surface area contributed by atoms with Crippen molar-refractivity contribution in [1.29, 1.82) is 0 Å². The lowest BCUT2D eigenvalue weighted by Crippen LogP contribution is -2.38. The molecule has 4 nitrogen and oxygen atoms in total. The second kappa shape index (κ2) is 8.90. The van der Waals surface area contributed by atoms with Gasteiger partial charge < -0.3 is 20.1 Å². The topological polar surface area (TPSA) is 44.7 Å². The van der Waals surface area contributed by atoms with Gasteiger partial charge in [-0.15, -0.1) is 0 Å². The van der Waals surface area contributed by atoms with E-state index in [-0.39, 0.29) is 5.75 Å². The number of aromatic hydroxyl groups is 1.